The molecule has 1 unspecified atom stereocenters. The zero-order valence-corrected chi connectivity index (χ0v) is 14.2. The number of nitrogens with zero attached hydrogens (tertiary/aromatic N) is 2. The molecule has 1 atom stereocenters. The Hall–Kier alpha value is -1.81. The number of aromatic nitrogens is 1. The molecular weight excluding hydrogens is 276 g/mol. The Balaban J connectivity index is 2.12. The molecule has 0 saturated carbocycles. The van der Waals surface area contributed by atoms with Crippen molar-refractivity contribution in [3.8, 4) is 5.75 Å². The van der Waals surface area contributed by atoms with Crippen molar-refractivity contribution in [2.45, 2.75) is 46.2 Å². The van der Waals surface area contributed by atoms with E-state index in [-0.39, 0.29) is 0 Å². The van der Waals surface area contributed by atoms with Gasteiger partial charge in [-0.2, -0.15) is 0 Å². The van der Waals surface area contributed by atoms with Crippen LogP contribution in [0.5, 0.6) is 5.75 Å². The summed E-state index contributed by atoms with van der Waals surface area (Å²) in [5.74, 6) is 2.02. The summed E-state index contributed by atoms with van der Waals surface area (Å²) in [6, 6.07) is 8.53. The molecule has 1 heterocycles. The topological polar surface area (TPSA) is 38.5 Å². The molecule has 0 amide bonds. The fraction of sp³-hybridized carbons (Fsp3) is 0.500. The Labute approximate surface area is 133 Å². The van der Waals surface area contributed by atoms with Crippen molar-refractivity contribution in [2.24, 2.45) is 0 Å². The van der Waals surface area contributed by atoms with Crippen molar-refractivity contribution in [3.63, 3.8) is 0 Å². The second-order valence-corrected chi connectivity index (χ2v) is 5.85. The van der Waals surface area contributed by atoms with Crippen LogP contribution >= 0.6 is 0 Å². The number of oxazole rings is 1. The first-order valence-electron chi connectivity index (χ1n) is 7.87. The van der Waals surface area contributed by atoms with Crippen LogP contribution in [-0.4, -0.2) is 23.5 Å². The SMILES string of the molecule is CCN(Cc1coc(C(C)C)n1)C(C)c1cccc(OC)c1. The Bertz CT molecular complexity index is 592. The van der Waals surface area contributed by atoms with Gasteiger partial charge in [0.1, 0.15) is 12.0 Å². The van der Waals surface area contributed by atoms with Crippen LogP contribution in [0.25, 0.3) is 0 Å². The third kappa shape index (κ3) is 3.89. The van der Waals surface area contributed by atoms with Crippen molar-refractivity contribution in [2.75, 3.05) is 13.7 Å². The minimum atomic E-state index is 0.291. The van der Waals surface area contributed by atoms with Crippen LogP contribution < -0.4 is 4.74 Å². The first kappa shape index (κ1) is 16.6. The lowest BCUT2D eigenvalue weighted by molar-refractivity contribution is 0.210. The van der Waals surface area contributed by atoms with Gasteiger partial charge in [0.15, 0.2) is 5.89 Å². The predicted molar refractivity (Wildman–Crippen MR) is 88.1 cm³/mol. The van der Waals surface area contributed by atoms with Gasteiger partial charge in [-0.25, -0.2) is 4.98 Å². The summed E-state index contributed by atoms with van der Waals surface area (Å²) in [6.45, 7) is 10.3. The molecule has 22 heavy (non-hydrogen) atoms. The first-order valence-corrected chi connectivity index (χ1v) is 7.87. The lowest BCUT2D eigenvalue weighted by Gasteiger charge is -2.27. The Morgan fingerprint density at radius 1 is 1.27 bits per heavy atom. The Morgan fingerprint density at radius 3 is 2.64 bits per heavy atom. The molecule has 4 nitrogen and oxygen atoms in total. The maximum atomic E-state index is 5.54. The number of rotatable bonds is 7. The lowest BCUT2D eigenvalue weighted by Crippen LogP contribution is -2.26. The van der Waals surface area contributed by atoms with Crippen LogP contribution in [0.15, 0.2) is 34.9 Å². The van der Waals surface area contributed by atoms with Gasteiger partial charge in [-0.05, 0) is 31.2 Å². The van der Waals surface area contributed by atoms with Gasteiger partial charge in [-0.1, -0.05) is 32.9 Å². The van der Waals surface area contributed by atoms with E-state index in [9.17, 15) is 0 Å². The molecule has 0 aliphatic heterocycles. The third-order valence-electron chi connectivity index (χ3n) is 3.96. The minimum absolute atomic E-state index is 0.291. The van der Waals surface area contributed by atoms with Crippen molar-refractivity contribution in [3.05, 3.63) is 47.7 Å². The van der Waals surface area contributed by atoms with Gasteiger partial charge >= 0.3 is 0 Å². The smallest absolute Gasteiger partial charge is 0.196 e. The molecule has 1 aromatic heterocycles. The fourth-order valence-corrected chi connectivity index (χ4v) is 2.50. The molecule has 2 aromatic rings. The van der Waals surface area contributed by atoms with Crippen LogP contribution in [0.2, 0.25) is 0 Å². The largest absolute Gasteiger partial charge is 0.497 e. The van der Waals surface area contributed by atoms with E-state index in [0.29, 0.717) is 12.0 Å². The van der Waals surface area contributed by atoms with Crippen molar-refractivity contribution in [1.82, 2.24) is 9.88 Å². The summed E-state index contributed by atoms with van der Waals surface area (Å²) in [6.07, 6.45) is 1.77. The second-order valence-electron chi connectivity index (χ2n) is 5.85. The monoisotopic (exact) mass is 302 g/mol. The second kappa shape index (κ2) is 7.45. The highest BCUT2D eigenvalue weighted by atomic mass is 16.5. The van der Waals surface area contributed by atoms with Crippen LogP contribution in [0.3, 0.4) is 0 Å². The summed E-state index contributed by atoms with van der Waals surface area (Å²) < 4.78 is 10.9. The molecule has 0 bridgehead atoms. The zero-order valence-electron chi connectivity index (χ0n) is 14.2. The third-order valence-corrected chi connectivity index (χ3v) is 3.96. The number of hydrogen-bond acceptors (Lipinski definition) is 4. The van der Waals surface area contributed by atoms with E-state index in [2.05, 4.69) is 49.7 Å². The fourth-order valence-electron chi connectivity index (χ4n) is 2.50. The number of ether oxygens (including phenoxy) is 1. The van der Waals surface area contributed by atoms with Gasteiger partial charge < -0.3 is 9.15 Å². The maximum absolute atomic E-state index is 5.54. The first-order chi connectivity index (χ1) is 10.5. The van der Waals surface area contributed by atoms with E-state index in [1.165, 1.54) is 5.56 Å². The summed E-state index contributed by atoms with van der Waals surface area (Å²) >= 11 is 0. The highest BCUT2D eigenvalue weighted by Crippen LogP contribution is 2.25. The highest BCUT2D eigenvalue weighted by Gasteiger charge is 2.17. The molecule has 1 aromatic carbocycles. The van der Waals surface area contributed by atoms with Crippen LogP contribution in [0.4, 0.5) is 0 Å². The quantitative estimate of drug-likeness (QED) is 0.760. The molecule has 0 aliphatic rings. The number of methoxy groups -OCH3 is 1. The maximum Gasteiger partial charge on any atom is 0.196 e. The molecule has 0 aliphatic carbocycles. The molecular formula is C18H26N2O2. The molecule has 0 saturated heterocycles. The van der Waals surface area contributed by atoms with Crippen LogP contribution in [0.1, 0.15) is 56.8 Å². The van der Waals surface area contributed by atoms with Crippen LogP contribution in [-0.2, 0) is 6.54 Å². The van der Waals surface area contributed by atoms with Gasteiger partial charge in [0, 0.05) is 18.5 Å². The molecule has 0 fully saturated rings. The van der Waals surface area contributed by atoms with E-state index in [4.69, 9.17) is 9.15 Å². The molecule has 0 N–H and O–H groups in total. The van der Waals surface area contributed by atoms with Crippen molar-refractivity contribution < 1.29 is 9.15 Å². The summed E-state index contributed by atoms with van der Waals surface area (Å²) in [5, 5.41) is 0. The Kier molecular flexibility index (Phi) is 5.61. The summed E-state index contributed by atoms with van der Waals surface area (Å²) in [4.78, 5) is 6.95. The number of hydrogen-bond donors (Lipinski definition) is 0. The summed E-state index contributed by atoms with van der Waals surface area (Å²) in [5.41, 5.74) is 2.23. The number of benzene rings is 1. The molecule has 120 valence electrons. The molecule has 2 rings (SSSR count). The van der Waals surface area contributed by atoms with E-state index in [0.717, 1.165) is 30.4 Å². The normalized spacial score (nSPS) is 12.9. The van der Waals surface area contributed by atoms with Crippen molar-refractivity contribution in [1.29, 1.82) is 0 Å². The molecule has 4 heteroatoms. The van der Waals surface area contributed by atoms with E-state index < -0.39 is 0 Å². The van der Waals surface area contributed by atoms with Gasteiger partial charge in [-0.3, -0.25) is 4.90 Å². The zero-order chi connectivity index (χ0) is 16.1. The summed E-state index contributed by atoms with van der Waals surface area (Å²) in [7, 11) is 1.70. The van der Waals surface area contributed by atoms with Gasteiger partial charge in [-0.15, -0.1) is 0 Å². The van der Waals surface area contributed by atoms with E-state index >= 15 is 0 Å². The van der Waals surface area contributed by atoms with E-state index in [1.54, 1.807) is 13.4 Å². The van der Waals surface area contributed by atoms with Gasteiger partial charge in [0.25, 0.3) is 0 Å². The standard InChI is InChI=1S/C18H26N2O2/c1-6-20(11-16-12-22-18(19-16)13(2)3)14(4)15-8-7-9-17(10-15)21-5/h7-10,12-14H,6,11H2,1-5H3. The lowest BCUT2D eigenvalue weighted by atomic mass is 10.1. The molecule has 0 radical (unpaired) electrons. The Morgan fingerprint density at radius 2 is 2.05 bits per heavy atom. The van der Waals surface area contributed by atoms with Gasteiger partial charge in [0.2, 0.25) is 0 Å². The van der Waals surface area contributed by atoms with Crippen LogP contribution in [0, 0.1) is 0 Å². The highest BCUT2D eigenvalue weighted by molar-refractivity contribution is 5.30. The van der Waals surface area contributed by atoms with Gasteiger partial charge in [0.05, 0.1) is 12.8 Å². The average molecular weight is 302 g/mol. The predicted octanol–water partition coefficient (Wildman–Crippen LogP) is 4.39. The average Bonchev–Trinajstić information content (AvgIpc) is 3.01. The van der Waals surface area contributed by atoms with Crippen molar-refractivity contribution >= 4 is 0 Å². The van der Waals surface area contributed by atoms with E-state index in [1.807, 2.05) is 12.1 Å². The minimum Gasteiger partial charge on any atom is -0.497 e. The molecule has 0 spiro atoms.